The molecule has 0 radical (unpaired) electrons. The van der Waals surface area contributed by atoms with Crippen LogP contribution in [0.5, 0.6) is 5.75 Å². The molecule has 42 heavy (non-hydrogen) atoms. The van der Waals surface area contributed by atoms with Crippen molar-refractivity contribution in [1.82, 2.24) is 9.38 Å². The molecule has 4 aliphatic rings. The first kappa shape index (κ1) is 27.4. The second-order valence-electron chi connectivity index (χ2n) is 13.0. The van der Waals surface area contributed by atoms with Gasteiger partial charge in [-0.25, -0.2) is 4.98 Å². The van der Waals surface area contributed by atoms with Gasteiger partial charge in [0.1, 0.15) is 12.7 Å². The summed E-state index contributed by atoms with van der Waals surface area (Å²) >= 11 is 0. The van der Waals surface area contributed by atoms with Gasteiger partial charge in [0, 0.05) is 35.6 Å². The number of carbonyl (C=O) groups excluding carboxylic acids is 2. The van der Waals surface area contributed by atoms with Gasteiger partial charge in [-0.2, -0.15) is 0 Å². The standard InChI is InChI=1S/C36H42N2O4/c1-3-24-14-8-7-11-22(2)35(40)29-19-27-25-15-9-16-26(25)34-33(32(27)28(29)20-31(39)42-24)37-36-30(17-10-18-38(34)36)41-21-23-12-5-4-6-13-23/h4-6,10,12-13,17-19,22,24-28,32H,3,7-9,11,14-16,20-21H2,1-2H3/t22-,24+,25-,26-,27?,28-,32?/m1/s1. The van der Waals surface area contributed by atoms with Crippen LogP contribution in [0.4, 0.5) is 0 Å². The number of Topliss-reactive ketones (excluding diaryl/α,β-unsaturated/α-hetero) is 1. The highest BCUT2D eigenvalue weighted by Crippen LogP contribution is 2.61. The van der Waals surface area contributed by atoms with Crippen molar-refractivity contribution in [3.8, 4) is 5.75 Å². The van der Waals surface area contributed by atoms with E-state index in [1.54, 1.807) is 0 Å². The number of imidazole rings is 1. The van der Waals surface area contributed by atoms with Gasteiger partial charge in [-0.1, -0.05) is 63.1 Å². The summed E-state index contributed by atoms with van der Waals surface area (Å²) in [5, 5.41) is 0. The summed E-state index contributed by atoms with van der Waals surface area (Å²) in [6.07, 6.45) is 12.6. The second kappa shape index (κ2) is 11.3. The van der Waals surface area contributed by atoms with Crippen LogP contribution in [0.2, 0.25) is 0 Å². The van der Waals surface area contributed by atoms with Crippen LogP contribution < -0.4 is 4.74 Å². The molecule has 6 nitrogen and oxygen atoms in total. The minimum absolute atomic E-state index is 0.00272. The Balaban J connectivity index is 1.30. The van der Waals surface area contributed by atoms with Crippen molar-refractivity contribution in [3.63, 3.8) is 0 Å². The van der Waals surface area contributed by atoms with Crippen LogP contribution >= 0.6 is 0 Å². The van der Waals surface area contributed by atoms with Crippen LogP contribution in [0.3, 0.4) is 0 Å². The molecule has 7 atom stereocenters. The Morgan fingerprint density at radius 3 is 2.64 bits per heavy atom. The van der Waals surface area contributed by atoms with E-state index in [0.29, 0.717) is 18.4 Å². The fourth-order valence-corrected chi connectivity index (χ4v) is 8.49. The van der Waals surface area contributed by atoms with Crippen LogP contribution in [-0.2, 0) is 20.9 Å². The Bertz CT molecular complexity index is 1510. The second-order valence-corrected chi connectivity index (χ2v) is 13.0. The first-order valence-electron chi connectivity index (χ1n) is 16.2. The quantitative estimate of drug-likeness (QED) is 0.305. The maximum Gasteiger partial charge on any atom is 0.306 e. The molecule has 3 heterocycles. The molecule has 1 aromatic carbocycles. The number of benzene rings is 1. The molecule has 2 unspecified atom stereocenters. The van der Waals surface area contributed by atoms with Gasteiger partial charge in [0.05, 0.1) is 12.1 Å². The zero-order valence-corrected chi connectivity index (χ0v) is 24.8. The van der Waals surface area contributed by atoms with E-state index in [2.05, 4.69) is 42.7 Å². The SMILES string of the molecule is CC[C@H]1CCCC[C@@H](C)C(=O)C2=CC3C(c4nc5c(OCc6ccccc6)cccn5c4[C@@H]4CCC[C@@H]34)[C@@H]2CC(=O)O1. The average molecular weight is 567 g/mol. The van der Waals surface area contributed by atoms with Gasteiger partial charge in [0.2, 0.25) is 0 Å². The number of nitrogens with zero attached hydrogens (tertiary/aromatic N) is 2. The fourth-order valence-electron chi connectivity index (χ4n) is 8.49. The van der Waals surface area contributed by atoms with Crippen LogP contribution in [-0.4, -0.2) is 27.2 Å². The maximum absolute atomic E-state index is 14.0. The predicted octanol–water partition coefficient (Wildman–Crippen LogP) is 7.56. The zero-order valence-electron chi connectivity index (χ0n) is 24.8. The van der Waals surface area contributed by atoms with Crippen molar-refractivity contribution in [2.75, 3.05) is 0 Å². The monoisotopic (exact) mass is 566 g/mol. The number of aromatic nitrogens is 2. The number of allylic oxidation sites excluding steroid dienone is 2. The van der Waals surface area contributed by atoms with Crippen molar-refractivity contribution in [2.45, 2.75) is 96.2 Å². The van der Waals surface area contributed by atoms with Gasteiger partial charge in [0.15, 0.2) is 17.2 Å². The number of pyridine rings is 1. The van der Waals surface area contributed by atoms with Crippen molar-refractivity contribution in [2.24, 2.45) is 23.7 Å². The van der Waals surface area contributed by atoms with E-state index in [4.69, 9.17) is 14.5 Å². The number of rotatable bonds is 4. The third kappa shape index (κ3) is 4.77. The normalized spacial score (nSPS) is 31.2. The summed E-state index contributed by atoms with van der Waals surface area (Å²) in [7, 11) is 0. The zero-order chi connectivity index (χ0) is 28.8. The third-order valence-electron chi connectivity index (χ3n) is 10.6. The van der Waals surface area contributed by atoms with Crippen molar-refractivity contribution >= 4 is 17.4 Å². The molecule has 6 heteroatoms. The van der Waals surface area contributed by atoms with E-state index in [9.17, 15) is 9.59 Å². The lowest BCUT2D eigenvalue weighted by Crippen LogP contribution is -2.33. The molecule has 0 spiro atoms. The van der Waals surface area contributed by atoms with E-state index < -0.39 is 0 Å². The molecule has 1 aliphatic heterocycles. The molecule has 2 fully saturated rings. The minimum Gasteiger partial charge on any atom is -0.485 e. The Hall–Kier alpha value is -3.41. The van der Waals surface area contributed by atoms with Crippen LogP contribution in [0.25, 0.3) is 5.65 Å². The lowest BCUT2D eigenvalue weighted by molar-refractivity contribution is -0.150. The molecule has 7 rings (SSSR count). The highest BCUT2D eigenvalue weighted by Gasteiger charge is 2.54. The first-order chi connectivity index (χ1) is 20.5. The lowest BCUT2D eigenvalue weighted by atomic mass is 9.66. The number of cyclic esters (lactones) is 1. The smallest absolute Gasteiger partial charge is 0.306 e. The Morgan fingerprint density at radius 1 is 0.976 bits per heavy atom. The predicted molar refractivity (Wildman–Crippen MR) is 161 cm³/mol. The number of ketones is 1. The van der Waals surface area contributed by atoms with Gasteiger partial charge < -0.3 is 13.9 Å². The number of esters is 1. The topological polar surface area (TPSA) is 69.9 Å². The van der Waals surface area contributed by atoms with E-state index in [-0.39, 0.29) is 47.9 Å². The molecule has 2 aromatic heterocycles. The van der Waals surface area contributed by atoms with Crippen LogP contribution in [0.15, 0.2) is 60.3 Å². The summed E-state index contributed by atoms with van der Waals surface area (Å²) in [6, 6.07) is 14.3. The summed E-state index contributed by atoms with van der Waals surface area (Å²) in [4.78, 5) is 32.8. The molecule has 0 N–H and O–H groups in total. The summed E-state index contributed by atoms with van der Waals surface area (Å²) in [5.74, 6) is 1.65. The molecular formula is C36H42N2O4. The van der Waals surface area contributed by atoms with E-state index in [1.165, 1.54) is 12.1 Å². The van der Waals surface area contributed by atoms with E-state index >= 15 is 0 Å². The molecule has 0 bridgehead atoms. The Morgan fingerprint density at radius 2 is 1.81 bits per heavy atom. The van der Waals surface area contributed by atoms with Crippen molar-refractivity contribution in [1.29, 1.82) is 0 Å². The largest absolute Gasteiger partial charge is 0.485 e. The molecule has 1 saturated carbocycles. The highest BCUT2D eigenvalue weighted by atomic mass is 16.5. The van der Waals surface area contributed by atoms with Gasteiger partial charge in [0.25, 0.3) is 0 Å². The van der Waals surface area contributed by atoms with E-state index in [1.807, 2.05) is 30.3 Å². The minimum atomic E-state index is -0.201. The molecule has 0 amide bonds. The van der Waals surface area contributed by atoms with Gasteiger partial charge in [-0.3, -0.25) is 9.59 Å². The fraction of sp³-hybridized carbons (Fsp3) is 0.528. The Labute approximate surface area is 248 Å². The molecular weight excluding hydrogens is 524 g/mol. The van der Waals surface area contributed by atoms with Gasteiger partial charge in [-0.15, -0.1) is 0 Å². The number of ether oxygens (including phenoxy) is 2. The third-order valence-corrected chi connectivity index (χ3v) is 10.6. The number of fused-ring (bicyclic) bond motifs is 10. The van der Waals surface area contributed by atoms with Crippen molar-refractivity contribution < 1.29 is 19.1 Å². The van der Waals surface area contributed by atoms with Crippen LogP contribution in [0.1, 0.15) is 100 Å². The Kier molecular flexibility index (Phi) is 7.41. The molecule has 220 valence electrons. The number of hydrogen-bond acceptors (Lipinski definition) is 5. The number of hydrogen-bond donors (Lipinski definition) is 0. The van der Waals surface area contributed by atoms with Crippen molar-refractivity contribution in [3.05, 3.63) is 77.3 Å². The van der Waals surface area contributed by atoms with Gasteiger partial charge in [-0.05, 0) is 73.6 Å². The number of carbonyl (C=O) groups is 2. The highest BCUT2D eigenvalue weighted by molar-refractivity contribution is 5.99. The molecule has 3 aliphatic carbocycles. The van der Waals surface area contributed by atoms with Crippen LogP contribution in [0, 0.1) is 23.7 Å². The lowest BCUT2D eigenvalue weighted by Gasteiger charge is -2.38. The maximum atomic E-state index is 14.0. The summed E-state index contributed by atoms with van der Waals surface area (Å²) in [6.45, 7) is 4.64. The summed E-state index contributed by atoms with van der Waals surface area (Å²) < 4.78 is 14.6. The average Bonchev–Trinajstić information content (AvgIpc) is 3.72. The molecule has 1 saturated heterocycles. The first-order valence-corrected chi connectivity index (χ1v) is 16.2. The molecule has 3 aromatic rings. The van der Waals surface area contributed by atoms with Gasteiger partial charge >= 0.3 is 5.97 Å². The summed E-state index contributed by atoms with van der Waals surface area (Å²) in [5.41, 5.74) is 5.13. The van der Waals surface area contributed by atoms with E-state index in [0.717, 1.165) is 73.2 Å².